The Morgan fingerprint density at radius 2 is 2.00 bits per heavy atom. The van der Waals surface area contributed by atoms with Crippen molar-refractivity contribution >= 4 is 18.2 Å². The van der Waals surface area contributed by atoms with Crippen LogP contribution in [0.3, 0.4) is 0 Å². The molecule has 0 amide bonds. The van der Waals surface area contributed by atoms with Crippen LogP contribution in [0.5, 0.6) is 0 Å². The third kappa shape index (κ3) is 2.53. The number of hydrogen-bond donors (Lipinski definition) is 1. The molecule has 1 atom stereocenters. The molecule has 0 saturated heterocycles. The number of halogens is 1. The van der Waals surface area contributed by atoms with Crippen LogP contribution in [0, 0.1) is 0 Å². The first-order chi connectivity index (χ1) is 10.7. The van der Waals surface area contributed by atoms with E-state index in [1.807, 2.05) is 9.13 Å². The maximum Gasteiger partial charge on any atom is 0.331 e. The number of nitrogens with one attached hydrogen (secondary N) is 1. The number of rotatable bonds is 3. The fraction of sp³-hybridized carbons (Fsp3) is 0.688. The molecule has 1 fully saturated rings. The lowest BCUT2D eigenvalue weighted by atomic mass is 10.1. The number of imidazole rings is 1. The predicted molar refractivity (Wildman–Crippen MR) is 92.7 cm³/mol. The number of hydrogen-bond acceptors (Lipinski definition) is 4. The number of aromatic nitrogens is 4. The summed E-state index contributed by atoms with van der Waals surface area (Å²) in [6.45, 7) is 5.59. The topological polar surface area (TPSA) is 64.7 Å². The number of fused-ring (bicyclic) bond motifs is 3. The van der Waals surface area contributed by atoms with Crippen LogP contribution in [-0.2, 0) is 13.1 Å². The Morgan fingerprint density at radius 1 is 1.26 bits per heavy atom. The third-order valence-electron chi connectivity index (χ3n) is 4.88. The van der Waals surface area contributed by atoms with Crippen LogP contribution in [0.25, 0.3) is 11.5 Å². The molecular formula is C16H24ClN5O. The molecule has 6 nitrogen and oxygen atoms in total. The summed E-state index contributed by atoms with van der Waals surface area (Å²) in [5.74, 6) is 3.03. The molecule has 0 spiro atoms. The van der Waals surface area contributed by atoms with Crippen molar-refractivity contribution in [3.8, 4) is 11.5 Å². The van der Waals surface area contributed by atoms with E-state index in [1.165, 1.54) is 25.7 Å². The highest BCUT2D eigenvalue weighted by Gasteiger charge is 2.32. The highest BCUT2D eigenvalue weighted by Crippen LogP contribution is 2.37. The lowest BCUT2D eigenvalue weighted by Crippen LogP contribution is -2.32. The van der Waals surface area contributed by atoms with Crippen LogP contribution in [-0.4, -0.2) is 25.1 Å². The molecule has 0 unspecified atom stereocenters. The van der Waals surface area contributed by atoms with Gasteiger partial charge in [0.2, 0.25) is 0 Å². The summed E-state index contributed by atoms with van der Waals surface area (Å²) in [6, 6.07) is 0.264. The van der Waals surface area contributed by atoms with Crippen LogP contribution in [0.1, 0.15) is 57.7 Å². The quantitative estimate of drug-likeness (QED) is 0.935. The number of anilines is 1. The SMILES string of the molecule is CCCn1c2nc(C3CCCC3)nc-2c2n(c1=O)C[C@@H](C)N2.Cl. The van der Waals surface area contributed by atoms with Gasteiger partial charge in [-0.2, -0.15) is 0 Å². The largest absolute Gasteiger partial charge is 0.365 e. The van der Waals surface area contributed by atoms with E-state index in [1.54, 1.807) is 0 Å². The molecule has 1 N–H and O–H groups in total. The van der Waals surface area contributed by atoms with Crippen molar-refractivity contribution in [2.24, 2.45) is 0 Å². The first kappa shape index (κ1) is 16.3. The van der Waals surface area contributed by atoms with Gasteiger partial charge in [-0.25, -0.2) is 14.8 Å². The molecule has 126 valence electrons. The first-order valence-corrected chi connectivity index (χ1v) is 8.46. The van der Waals surface area contributed by atoms with E-state index in [-0.39, 0.29) is 24.1 Å². The molecule has 4 aliphatic rings. The monoisotopic (exact) mass is 337 g/mol. The normalized spacial score (nSPS) is 20.5. The second-order valence-corrected chi connectivity index (χ2v) is 6.67. The second kappa shape index (κ2) is 6.15. The Kier molecular flexibility index (Phi) is 4.36. The minimum absolute atomic E-state index is 0. The molecule has 0 aromatic carbocycles. The van der Waals surface area contributed by atoms with E-state index in [0.29, 0.717) is 19.0 Å². The predicted octanol–water partition coefficient (Wildman–Crippen LogP) is 2.85. The van der Waals surface area contributed by atoms with Gasteiger partial charge >= 0.3 is 5.69 Å². The van der Waals surface area contributed by atoms with Crippen LogP contribution in [0.4, 0.5) is 5.82 Å². The highest BCUT2D eigenvalue weighted by atomic mass is 35.5. The molecule has 23 heavy (non-hydrogen) atoms. The smallest absolute Gasteiger partial charge is 0.331 e. The van der Waals surface area contributed by atoms with Crippen molar-refractivity contribution in [2.75, 3.05) is 5.32 Å². The van der Waals surface area contributed by atoms with Crippen molar-refractivity contribution in [3.05, 3.63) is 16.3 Å². The van der Waals surface area contributed by atoms with Crippen molar-refractivity contribution in [3.63, 3.8) is 0 Å². The molecule has 1 saturated carbocycles. The van der Waals surface area contributed by atoms with Crippen molar-refractivity contribution in [2.45, 2.75) is 71.0 Å². The summed E-state index contributed by atoms with van der Waals surface area (Å²) in [7, 11) is 0. The van der Waals surface area contributed by atoms with E-state index < -0.39 is 0 Å². The minimum Gasteiger partial charge on any atom is -0.365 e. The van der Waals surface area contributed by atoms with Gasteiger partial charge in [0.15, 0.2) is 5.82 Å². The Balaban J connectivity index is 0.00000156. The fourth-order valence-electron chi connectivity index (χ4n) is 3.82. The molecule has 1 aliphatic carbocycles. The molecule has 7 heteroatoms. The lowest BCUT2D eigenvalue weighted by Gasteiger charge is -2.13. The minimum atomic E-state index is 0. The van der Waals surface area contributed by atoms with E-state index in [9.17, 15) is 4.79 Å². The molecular weight excluding hydrogens is 314 g/mol. The van der Waals surface area contributed by atoms with Gasteiger partial charge in [0.1, 0.15) is 17.3 Å². The van der Waals surface area contributed by atoms with E-state index in [4.69, 9.17) is 9.97 Å². The molecule has 0 aromatic heterocycles. The Bertz CT molecular complexity index is 731. The summed E-state index contributed by atoms with van der Waals surface area (Å²) in [4.78, 5) is 22.4. The summed E-state index contributed by atoms with van der Waals surface area (Å²) >= 11 is 0. The summed E-state index contributed by atoms with van der Waals surface area (Å²) in [5, 5.41) is 3.40. The summed E-state index contributed by atoms with van der Waals surface area (Å²) in [5.41, 5.74) is 0.915. The maximum atomic E-state index is 12.8. The van der Waals surface area contributed by atoms with Crippen LogP contribution < -0.4 is 11.0 Å². The zero-order chi connectivity index (χ0) is 15.3. The molecule has 0 radical (unpaired) electrons. The van der Waals surface area contributed by atoms with E-state index in [2.05, 4.69) is 19.2 Å². The van der Waals surface area contributed by atoms with Crippen LogP contribution in [0.2, 0.25) is 0 Å². The standard InChI is InChI=1S/C16H23N5O.ClH/c1-3-8-20-15-12(14-17-10(2)9-21(14)16(20)22)18-13(19-15)11-6-4-5-7-11;/h10-11,17H,3-9H2,1-2H3;1H/t10-;/m1./s1. The summed E-state index contributed by atoms with van der Waals surface area (Å²) < 4.78 is 3.64. The van der Waals surface area contributed by atoms with Gasteiger partial charge in [0.25, 0.3) is 0 Å². The highest BCUT2D eigenvalue weighted by molar-refractivity contribution is 5.85. The van der Waals surface area contributed by atoms with Gasteiger partial charge in [-0.05, 0) is 26.2 Å². The first-order valence-electron chi connectivity index (χ1n) is 8.46. The van der Waals surface area contributed by atoms with Crippen molar-refractivity contribution in [1.29, 1.82) is 0 Å². The van der Waals surface area contributed by atoms with Crippen molar-refractivity contribution < 1.29 is 0 Å². The lowest BCUT2D eigenvalue weighted by molar-refractivity contribution is 0.571. The molecule has 3 heterocycles. The zero-order valence-electron chi connectivity index (χ0n) is 13.7. The van der Waals surface area contributed by atoms with Gasteiger partial charge in [-0.15, -0.1) is 12.4 Å². The Labute approximate surface area is 142 Å². The average molecular weight is 338 g/mol. The average Bonchev–Trinajstić information content (AvgIpc) is 3.20. The fourth-order valence-corrected chi connectivity index (χ4v) is 3.82. The van der Waals surface area contributed by atoms with Gasteiger partial charge in [0, 0.05) is 25.0 Å². The second-order valence-electron chi connectivity index (χ2n) is 6.67. The zero-order valence-corrected chi connectivity index (χ0v) is 14.5. The van der Waals surface area contributed by atoms with Gasteiger partial charge in [-0.1, -0.05) is 19.8 Å². The van der Waals surface area contributed by atoms with Gasteiger partial charge in [-0.3, -0.25) is 9.13 Å². The van der Waals surface area contributed by atoms with Crippen LogP contribution in [0.15, 0.2) is 4.79 Å². The maximum absolute atomic E-state index is 12.8. The van der Waals surface area contributed by atoms with Gasteiger partial charge < -0.3 is 5.32 Å². The van der Waals surface area contributed by atoms with Gasteiger partial charge in [0.05, 0.1) is 0 Å². The molecule has 0 bridgehead atoms. The van der Waals surface area contributed by atoms with Crippen LogP contribution >= 0.6 is 12.4 Å². The van der Waals surface area contributed by atoms with Crippen molar-refractivity contribution in [1.82, 2.24) is 19.1 Å². The Hall–Kier alpha value is -1.56. The summed E-state index contributed by atoms with van der Waals surface area (Å²) in [6.07, 6.45) is 5.79. The number of nitrogens with zero attached hydrogens (tertiary/aromatic N) is 4. The third-order valence-corrected chi connectivity index (χ3v) is 4.88. The van der Waals surface area contributed by atoms with E-state index in [0.717, 1.165) is 29.6 Å². The molecule has 3 aliphatic heterocycles. The Morgan fingerprint density at radius 3 is 2.70 bits per heavy atom. The molecule has 0 aromatic rings. The molecule has 4 rings (SSSR count). The van der Waals surface area contributed by atoms with E-state index >= 15 is 0 Å².